The van der Waals surface area contributed by atoms with E-state index in [2.05, 4.69) is 15.0 Å². The molecule has 2 heterocycles. The van der Waals surface area contributed by atoms with Gasteiger partial charge in [-0.15, -0.1) is 0 Å². The van der Waals surface area contributed by atoms with Crippen LogP contribution < -0.4 is 11.3 Å². The summed E-state index contributed by atoms with van der Waals surface area (Å²) in [7, 11) is 0. The number of pyridine rings is 1. The van der Waals surface area contributed by atoms with Crippen molar-refractivity contribution in [1.29, 1.82) is 0 Å². The molecule has 5 heteroatoms. The number of hydrogen-bond acceptors (Lipinski definition) is 4. The summed E-state index contributed by atoms with van der Waals surface area (Å²) in [4.78, 5) is 21.3. The maximum absolute atomic E-state index is 11.0. The number of nitrogens with two attached hydrogens (primary N) is 1. The van der Waals surface area contributed by atoms with E-state index in [-0.39, 0.29) is 11.5 Å². The fourth-order valence-electron chi connectivity index (χ4n) is 1.14. The lowest BCUT2D eigenvalue weighted by molar-refractivity contribution is 1.18. The minimum Gasteiger partial charge on any atom is -0.368 e. The molecule has 0 saturated carbocycles. The topological polar surface area (TPSA) is 84.7 Å². The lowest BCUT2D eigenvalue weighted by Crippen LogP contribution is -2.03. The van der Waals surface area contributed by atoms with Crippen LogP contribution in [0.1, 0.15) is 0 Å². The summed E-state index contributed by atoms with van der Waals surface area (Å²) in [6, 6.07) is 4.91. The Balaban J connectivity index is 2.55. The molecule has 0 bridgehead atoms. The van der Waals surface area contributed by atoms with E-state index in [1.165, 1.54) is 6.07 Å². The van der Waals surface area contributed by atoms with E-state index < -0.39 is 0 Å². The third kappa shape index (κ3) is 1.61. The summed E-state index contributed by atoms with van der Waals surface area (Å²) in [5, 5.41) is 0. The van der Waals surface area contributed by atoms with Crippen LogP contribution in [0.15, 0.2) is 35.4 Å². The SMILES string of the molecule is Nc1nccc(-c2cc[nH]c(=O)c2)n1. The molecule has 0 fully saturated rings. The molecule has 5 nitrogen and oxygen atoms in total. The largest absolute Gasteiger partial charge is 0.368 e. The molecule has 0 spiro atoms. The zero-order valence-corrected chi connectivity index (χ0v) is 7.27. The van der Waals surface area contributed by atoms with Crippen molar-refractivity contribution in [3.8, 4) is 11.3 Å². The van der Waals surface area contributed by atoms with Gasteiger partial charge in [-0.3, -0.25) is 4.79 Å². The molecule has 0 unspecified atom stereocenters. The van der Waals surface area contributed by atoms with Gasteiger partial charge in [0.25, 0.3) is 0 Å². The molecule has 70 valence electrons. The monoisotopic (exact) mass is 188 g/mol. The Hall–Kier alpha value is -2.17. The number of hydrogen-bond donors (Lipinski definition) is 2. The van der Waals surface area contributed by atoms with E-state index in [1.54, 1.807) is 24.5 Å². The summed E-state index contributed by atoms with van der Waals surface area (Å²) in [6.45, 7) is 0. The van der Waals surface area contributed by atoms with Gasteiger partial charge in [-0.05, 0) is 12.1 Å². The standard InChI is InChI=1S/C9H8N4O/c10-9-12-4-2-7(13-9)6-1-3-11-8(14)5-6/h1-5H,(H,11,14)(H2,10,12,13). The highest BCUT2D eigenvalue weighted by Crippen LogP contribution is 2.13. The van der Waals surface area contributed by atoms with Crippen molar-refractivity contribution in [1.82, 2.24) is 15.0 Å². The highest BCUT2D eigenvalue weighted by molar-refractivity contribution is 5.58. The van der Waals surface area contributed by atoms with Crippen molar-refractivity contribution < 1.29 is 0 Å². The smallest absolute Gasteiger partial charge is 0.248 e. The summed E-state index contributed by atoms with van der Waals surface area (Å²) in [5.41, 5.74) is 6.63. The van der Waals surface area contributed by atoms with Gasteiger partial charge in [-0.25, -0.2) is 9.97 Å². The first-order chi connectivity index (χ1) is 6.75. The van der Waals surface area contributed by atoms with Gasteiger partial charge in [0.15, 0.2) is 0 Å². The molecule has 0 saturated heterocycles. The lowest BCUT2D eigenvalue weighted by atomic mass is 10.2. The molecule has 0 aliphatic carbocycles. The Morgan fingerprint density at radius 3 is 2.93 bits per heavy atom. The van der Waals surface area contributed by atoms with Crippen molar-refractivity contribution in [3.63, 3.8) is 0 Å². The summed E-state index contributed by atoms with van der Waals surface area (Å²) in [6.07, 6.45) is 3.12. The van der Waals surface area contributed by atoms with E-state index in [0.29, 0.717) is 5.69 Å². The van der Waals surface area contributed by atoms with Crippen LogP contribution in [0, 0.1) is 0 Å². The molecule has 0 amide bonds. The minimum atomic E-state index is -0.167. The third-order valence-corrected chi connectivity index (χ3v) is 1.75. The molecule has 0 atom stereocenters. The molecule has 2 aromatic rings. The lowest BCUT2D eigenvalue weighted by Gasteiger charge is -1.99. The second-order valence-corrected chi connectivity index (χ2v) is 2.74. The summed E-state index contributed by atoms with van der Waals surface area (Å²) >= 11 is 0. The fourth-order valence-corrected chi connectivity index (χ4v) is 1.14. The molecule has 3 N–H and O–H groups in total. The van der Waals surface area contributed by atoms with Gasteiger partial charge in [-0.1, -0.05) is 0 Å². The van der Waals surface area contributed by atoms with Gasteiger partial charge in [0.05, 0.1) is 5.69 Å². The molecule has 0 aromatic carbocycles. The average Bonchev–Trinajstić information content (AvgIpc) is 2.18. The summed E-state index contributed by atoms with van der Waals surface area (Å²) < 4.78 is 0. The van der Waals surface area contributed by atoms with Crippen LogP contribution in [0.3, 0.4) is 0 Å². The predicted octanol–water partition coefficient (Wildman–Crippen LogP) is 0.414. The quantitative estimate of drug-likeness (QED) is 0.679. The highest BCUT2D eigenvalue weighted by atomic mass is 16.1. The van der Waals surface area contributed by atoms with Crippen molar-refractivity contribution >= 4 is 5.95 Å². The van der Waals surface area contributed by atoms with Crippen molar-refractivity contribution in [3.05, 3.63) is 40.9 Å². The van der Waals surface area contributed by atoms with E-state index in [4.69, 9.17) is 5.73 Å². The Kier molecular flexibility index (Phi) is 1.98. The molecular weight excluding hydrogens is 180 g/mol. The fraction of sp³-hybridized carbons (Fsp3) is 0. The first kappa shape index (κ1) is 8.43. The van der Waals surface area contributed by atoms with E-state index in [0.717, 1.165) is 5.56 Å². The van der Waals surface area contributed by atoms with Crippen LogP contribution in [-0.4, -0.2) is 15.0 Å². The molecule has 0 aliphatic rings. The van der Waals surface area contributed by atoms with Crippen molar-refractivity contribution in [2.24, 2.45) is 0 Å². The van der Waals surface area contributed by atoms with Crippen molar-refractivity contribution in [2.75, 3.05) is 5.73 Å². The summed E-state index contributed by atoms with van der Waals surface area (Å²) in [5.74, 6) is 0.197. The van der Waals surface area contributed by atoms with Crippen LogP contribution in [-0.2, 0) is 0 Å². The average molecular weight is 188 g/mol. The molecule has 2 aromatic heterocycles. The Bertz CT molecular complexity index is 506. The van der Waals surface area contributed by atoms with Gasteiger partial charge in [0.2, 0.25) is 11.5 Å². The van der Waals surface area contributed by atoms with Gasteiger partial charge in [-0.2, -0.15) is 0 Å². The normalized spacial score (nSPS) is 10.0. The number of aromatic nitrogens is 3. The van der Waals surface area contributed by atoms with E-state index in [1.807, 2.05) is 0 Å². The maximum Gasteiger partial charge on any atom is 0.248 e. The zero-order chi connectivity index (χ0) is 9.97. The molecule has 2 rings (SSSR count). The predicted molar refractivity (Wildman–Crippen MR) is 52.5 cm³/mol. The highest BCUT2D eigenvalue weighted by Gasteiger charge is 1.99. The molecule has 0 radical (unpaired) electrons. The van der Waals surface area contributed by atoms with E-state index in [9.17, 15) is 4.79 Å². The number of nitrogens with zero attached hydrogens (tertiary/aromatic N) is 2. The zero-order valence-electron chi connectivity index (χ0n) is 7.27. The first-order valence-electron chi connectivity index (χ1n) is 4.03. The number of nitrogen functional groups attached to an aromatic ring is 1. The number of H-pyrrole nitrogens is 1. The number of rotatable bonds is 1. The Labute approximate surface area is 79.6 Å². The molecular formula is C9H8N4O. The minimum absolute atomic E-state index is 0.167. The van der Waals surface area contributed by atoms with E-state index >= 15 is 0 Å². The van der Waals surface area contributed by atoms with Gasteiger partial charge >= 0.3 is 0 Å². The number of aromatic amines is 1. The van der Waals surface area contributed by atoms with Gasteiger partial charge in [0.1, 0.15) is 0 Å². The van der Waals surface area contributed by atoms with Crippen LogP contribution in [0.5, 0.6) is 0 Å². The van der Waals surface area contributed by atoms with Gasteiger partial charge in [0, 0.05) is 24.0 Å². The Morgan fingerprint density at radius 2 is 2.21 bits per heavy atom. The van der Waals surface area contributed by atoms with Crippen molar-refractivity contribution in [2.45, 2.75) is 0 Å². The van der Waals surface area contributed by atoms with Crippen LogP contribution >= 0.6 is 0 Å². The second-order valence-electron chi connectivity index (χ2n) is 2.74. The number of anilines is 1. The first-order valence-corrected chi connectivity index (χ1v) is 4.03. The molecule has 14 heavy (non-hydrogen) atoms. The van der Waals surface area contributed by atoms with Gasteiger partial charge < -0.3 is 10.7 Å². The van der Waals surface area contributed by atoms with Crippen LogP contribution in [0.2, 0.25) is 0 Å². The number of nitrogens with one attached hydrogen (secondary N) is 1. The Morgan fingerprint density at radius 1 is 1.36 bits per heavy atom. The molecule has 0 aliphatic heterocycles. The maximum atomic E-state index is 11.0. The van der Waals surface area contributed by atoms with Crippen LogP contribution in [0.25, 0.3) is 11.3 Å². The third-order valence-electron chi connectivity index (χ3n) is 1.75. The second kappa shape index (κ2) is 3.29. The van der Waals surface area contributed by atoms with Crippen LogP contribution in [0.4, 0.5) is 5.95 Å².